The largest absolute Gasteiger partial charge is 0.424 e. The van der Waals surface area contributed by atoms with Crippen molar-refractivity contribution in [2.45, 2.75) is 31.3 Å². The molecule has 2 aliphatic carbocycles. The van der Waals surface area contributed by atoms with E-state index in [1.165, 1.54) is 18.2 Å². The number of ether oxygens (including phenoxy) is 1. The second-order valence-corrected chi connectivity index (χ2v) is 8.82. The van der Waals surface area contributed by atoms with Crippen LogP contribution in [0.1, 0.15) is 24.1 Å². The summed E-state index contributed by atoms with van der Waals surface area (Å²) in [5.74, 6) is 0.790. The number of fused-ring (bicyclic) bond motifs is 5. The molecule has 1 saturated heterocycles. The molecule has 1 aromatic heterocycles. The summed E-state index contributed by atoms with van der Waals surface area (Å²) in [5, 5.41) is 3.09. The summed E-state index contributed by atoms with van der Waals surface area (Å²) >= 11 is 0. The van der Waals surface area contributed by atoms with Gasteiger partial charge in [-0.3, -0.25) is 0 Å². The zero-order valence-electron chi connectivity index (χ0n) is 17.6. The number of benzene rings is 2. The van der Waals surface area contributed by atoms with Crippen molar-refractivity contribution in [1.82, 2.24) is 9.97 Å². The number of halogens is 2. The maximum Gasteiger partial charge on any atom is 0.324 e. The summed E-state index contributed by atoms with van der Waals surface area (Å²) in [6, 6.07) is 9.62. The molecule has 3 aliphatic rings. The van der Waals surface area contributed by atoms with Gasteiger partial charge in [0.1, 0.15) is 23.2 Å². The zero-order chi connectivity index (χ0) is 22.0. The highest BCUT2D eigenvalue weighted by atomic mass is 19.1. The quantitative estimate of drug-likeness (QED) is 0.503. The van der Waals surface area contributed by atoms with Gasteiger partial charge in [-0.15, -0.1) is 0 Å². The second-order valence-electron chi connectivity index (χ2n) is 8.82. The number of aromatic nitrogens is 2. The van der Waals surface area contributed by atoms with Crippen LogP contribution in [0.15, 0.2) is 36.4 Å². The molecule has 0 radical (unpaired) electrons. The number of piperidine rings is 1. The fraction of sp³-hybridized carbons (Fsp3) is 0.333. The highest BCUT2D eigenvalue weighted by Crippen LogP contribution is 2.49. The van der Waals surface area contributed by atoms with Gasteiger partial charge in [-0.2, -0.15) is 9.97 Å². The van der Waals surface area contributed by atoms with Gasteiger partial charge in [-0.25, -0.2) is 8.78 Å². The van der Waals surface area contributed by atoms with Crippen LogP contribution in [-0.2, 0) is 6.42 Å². The normalized spacial score (nSPS) is 22.8. The van der Waals surface area contributed by atoms with Crippen molar-refractivity contribution in [3.63, 3.8) is 0 Å². The van der Waals surface area contributed by atoms with E-state index in [0.717, 1.165) is 53.3 Å². The fourth-order valence-electron chi connectivity index (χ4n) is 5.46. The monoisotopic (exact) mass is 435 g/mol. The lowest BCUT2D eigenvalue weighted by Crippen LogP contribution is -2.41. The smallest absolute Gasteiger partial charge is 0.324 e. The van der Waals surface area contributed by atoms with Gasteiger partial charge >= 0.3 is 6.01 Å². The minimum Gasteiger partial charge on any atom is -0.424 e. The van der Waals surface area contributed by atoms with Crippen LogP contribution >= 0.6 is 0 Å². The number of hydrogen-bond donors (Lipinski definition) is 2. The van der Waals surface area contributed by atoms with Gasteiger partial charge in [0.25, 0.3) is 0 Å². The Morgan fingerprint density at radius 1 is 1.12 bits per heavy atom. The molecule has 2 heterocycles. The molecule has 164 valence electrons. The SMILES string of the molecule is CNc1cc(F)cc2c1Cc1nc(Oc3cccc(F)c3)nc(N3CC4CC3CC4N)c1-2. The molecule has 2 fully saturated rings. The molecule has 3 aromatic rings. The van der Waals surface area contributed by atoms with Crippen molar-refractivity contribution >= 4 is 11.5 Å². The molecule has 32 heavy (non-hydrogen) atoms. The van der Waals surface area contributed by atoms with Crippen LogP contribution in [0.25, 0.3) is 11.1 Å². The van der Waals surface area contributed by atoms with Crippen LogP contribution in [0.4, 0.5) is 20.3 Å². The maximum absolute atomic E-state index is 14.4. The summed E-state index contributed by atoms with van der Waals surface area (Å²) < 4.78 is 34.0. The molecule has 6 nitrogen and oxygen atoms in total. The third-order valence-electron chi connectivity index (χ3n) is 6.92. The lowest BCUT2D eigenvalue weighted by Gasteiger charge is -2.32. The predicted molar refractivity (Wildman–Crippen MR) is 118 cm³/mol. The number of nitrogens with zero attached hydrogens (tertiary/aromatic N) is 3. The lowest BCUT2D eigenvalue weighted by atomic mass is 10.0. The first-order valence-electron chi connectivity index (χ1n) is 10.9. The molecule has 3 unspecified atom stereocenters. The molecule has 3 atom stereocenters. The van der Waals surface area contributed by atoms with Gasteiger partial charge in [-0.1, -0.05) is 6.07 Å². The van der Waals surface area contributed by atoms with E-state index >= 15 is 0 Å². The van der Waals surface area contributed by atoms with Crippen LogP contribution < -0.4 is 20.7 Å². The van der Waals surface area contributed by atoms with Crippen LogP contribution in [0.5, 0.6) is 11.8 Å². The Balaban J connectivity index is 1.49. The number of nitrogens with one attached hydrogen (secondary N) is 1. The summed E-state index contributed by atoms with van der Waals surface area (Å²) in [6.07, 6.45) is 2.47. The van der Waals surface area contributed by atoms with Crippen molar-refractivity contribution in [3.05, 3.63) is 59.3 Å². The van der Waals surface area contributed by atoms with E-state index in [9.17, 15) is 8.78 Å². The maximum atomic E-state index is 14.4. The Kier molecular flexibility index (Phi) is 4.33. The highest BCUT2D eigenvalue weighted by Gasteiger charge is 2.45. The Morgan fingerprint density at radius 3 is 2.72 bits per heavy atom. The number of rotatable bonds is 4. The summed E-state index contributed by atoms with van der Waals surface area (Å²) in [6.45, 7) is 0.804. The Hall–Kier alpha value is -3.26. The van der Waals surface area contributed by atoms with E-state index in [0.29, 0.717) is 18.1 Å². The summed E-state index contributed by atoms with van der Waals surface area (Å²) in [7, 11) is 1.78. The summed E-state index contributed by atoms with van der Waals surface area (Å²) in [4.78, 5) is 11.7. The number of anilines is 2. The first-order chi connectivity index (χ1) is 15.5. The van der Waals surface area contributed by atoms with Gasteiger partial charge in [-0.05, 0) is 54.2 Å². The lowest BCUT2D eigenvalue weighted by molar-refractivity contribution is 0.433. The molecule has 3 N–H and O–H groups in total. The average Bonchev–Trinajstić information content (AvgIpc) is 3.44. The molecule has 0 spiro atoms. The van der Waals surface area contributed by atoms with E-state index in [2.05, 4.69) is 15.2 Å². The predicted octanol–water partition coefficient (Wildman–Crippen LogP) is 4.09. The molecule has 1 saturated carbocycles. The van der Waals surface area contributed by atoms with Gasteiger partial charge in [0.05, 0.1) is 5.69 Å². The van der Waals surface area contributed by atoms with Crippen LogP contribution in [0, 0.1) is 17.6 Å². The Labute approximate surface area is 184 Å². The van der Waals surface area contributed by atoms with Crippen molar-refractivity contribution in [2.75, 3.05) is 23.8 Å². The molecule has 8 heteroatoms. The van der Waals surface area contributed by atoms with Crippen LogP contribution in [0.2, 0.25) is 0 Å². The number of nitrogens with two attached hydrogens (primary N) is 1. The van der Waals surface area contributed by atoms with Crippen molar-refractivity contribution in [3.8, 4) is 22.9 Å². The van der Waals surface area contributed by atoms with Crippen molar-refractivity contribution in [1.29, 1.82) is 0 Å². The minimum absolute atomic E-state index is 0.163. The Morgan fingerprint density at radius 2 is 2.00 bits per heavy atom. The van der Waals surface area contributed by atoms with Gasteiger partial charge < -0.3 is 20.7 Å². The molecule has 1 aliphatic heterocycles. The first-order valence-corrected chi connectivity index (χ1v) is 10.9. The molecule has 2 aromatic carbocycles. The molecule has 0 amide bonds. The van der Waals surface area contributed by atoms with Crippen LogP contribution in [0.3, 0.4) is 0 Å². The highest BCUT2D eigenvalue weighted by molar-refractivity contribution is 5.88. The first kappa shape index (κ1) is 19.4. The summed E-state index contributed by atoms with van der Waals surface area (Å²) in [5.41, 5.74) is 10.4. The Bertz CT molecular complexity index is 1230. The second kappa shape index (κ2) is 7.13. The van der Waals surface area contributed by atoms with Crippen molar-refractivity contribution in [2.24, 2.45) is 11.7 Å². The van der Waals surface area contributed by atoms with Gasteiger partial charge in [0.15, 0.2) is 0 Å². The van der Waals surface area contributed by atoms with E-state index in [-0.39, 0.29) is 23.9 Å². The van der Waals surface area contributed by atoms with E-state index in [1.54, 1.807) is 25.2 Å². The van der Waals surface area contributed by atoms with E-state index < -0.39 is 5.82 Å². The third kappa shape index (κ3) is 3.01. The fourth-order valence-corrected chi connectivity index (χ4v) is 5.46. The van der Waals surface area contributed by atoms with E-state index in [4.69, 9.17) is 15.5 Å². The molecule has 6 rings (SSSR count). The van der Waals surface area contributed by atoms with E-state index in [1.807, 2.05) is 0 Å². The molecular formula is C24H23F2N5O. The minimum atomic E-state index is -0.392. The number of hydrogen-bond acceptors (Lipinski definition) is 6. The van der Waals surface area contributed by atoms with Crippen LogP contribution in [-0.4, -0.2) is 35.6 Å². The van der Waals surface area contributed by atoms with Gasteiger partial charge in [0.2, 0.25) is 0 Å². The third-order valence-corrected chi connectivity index (χ3v) is 6.92. The molecule has 2 bridgehead atoms. The standard InChI is InChI=1S/C24H23F2N5O/c1-28-20-8-14(26)7-18-17(20)10-21-22(18)23(31-11-12-5-15(31)9-19(12)27)30-24(29-21)32-16-4-2-3-13(25)6-16/h2-4,6-8,12,15,19,28H,5,9-11,27H2,1H3. The average molecular weight is 435 g/mol. The zero-order valence-corrected chi connectivity index (χ0v) is 17.6. The molecular weight excluding hydrogens is 412 g/mol. The topological polar surface area (TPSA) is 76.3 Å². The van der Waals surface area contributed by atoms with Gasteiger partial charge in [0, 0.05) is 49.4 Å². The van der Waals surface area contributed by atoms with Crippen molar-refractivity contribution < 1.29 is 13.5 Å².